The molecule has 1 nitrogen and oxygen atoms in total. The van der Waals surface area contributed by atoms with Gasteiger partial charge in [0.2, 0.25) is 0 Å². The highest BCUT2D eigenvalue weighted by molar-refractivity contribution is 6.08. The zero-order valence-electron chi connectivity index (χ0n) is 37.2. The van der Waals surface area contributed by atoms with Gasteiger partial charge in [-0.15, -0.1) is 0 Å². The summed E-state index contributed by atoms with van der Waals surface area (Å²) in [6.45, 7) is 2.33. The van der Waals surface area contributed by atoms with Crippen molar-refractivity contribution in [3.8, 4) is 33.4 Å². The van der Waals surface area contributed by atoms with Gasteiger partial charge >= 0.3 is 0 Å². The SMILES string of the molecule is CCc1ccc2cccc3c2c1C1(c2ccccc2-c2ccc(N(c4ccc5ccccc5c4)c4cccc5c4-c4ccccc4C5(c4ccccc4)c4ccccc4)cc21)c1ccccc1-3. The largest absolute Gasteiger partial charge is 0.310 e. The number of benzene rings is 11. The number of aryl methyl sites for hydroxylation is 1. The molecule has 0 bridgehead atoms. The highest BCUT2D eigenvalue weighted by atomic mass is 15.1. The maximum absolute atomic E-state index is 2.56. The summed E-state index contributed by atoms with van der Waals surface area (Å²) in [7, 11) is 0. The Bertz CT molecular complexity index is 3770. The first-order valence-corrected chi connectivity index (χ1v) is 23.7. The van der Waals surface area contributed by atoms with Crippen molar-refractivity contribution >= 4 is 38.6 Å². The topological polar surface area (TPSA) is 3.24 Å². The molecule has 0 aromatic heterocycles. The van der Waals surface area contributed by atoms with Gasteiger partial charge in [0.05, 0.1) is 16.5 Å². The molecule has 14 rings (SSSR count). The van der Waals surface area contributed by atoms with E-state index in [9.17, 15) is 0 Å². The van der Waals surface area contributed by atoms with E-state index in [1.54, 1.807) is 0 Å². The third-order valence-electron chi connectivity index (χ3n) is 15.5. The smallest absolute Gasteiger partial charge is 0.0729 e. The van der Waals surface area contributed by atoms with Crippen molar-refractivity contribution in [1.82, 2.24) is 0 Å². The van der Waals surface area contributed by atoms with Crippen LogP contribution < -0.4 is 4.90 Å². The first kappa shape index (κ1) is 38.1. The Morgan fingerprint density at radius 2 is 0.851 bits per heavy atom. The van der Waals surface area contributed by atoms with E-state index in [0.29, 0.717) is 0 Å². The van der Waals surface area contributed by atoms with Crippen molar-refractivity contribution in [2.45, 2.75) is 24.2 Å². The lowest BCUT2D eigenvalue weighted by atomic mass is 9.60. The Morgan fingerprint density at radius 1 is 0.343 bits per heavy atom. The molecule has 1 atom stereocenters. The van der Waals surface area contributed by atoms with Gasteiger partial charge in [-0.05, 0) is 136 Å². The van der Waals surface area contributed by atoms with Crippen LogP contribution in [-0.4, -0.2) is 0 Å². The number of nitrogens with zero attached hydrogens (tertiary/aromatic N) is 1. The number of rotatable bonds is 6. The summed E-state index contributed by atoms with van der Waals surface area (Å²) in [5, 5.41) is 5.10. The molecule has 0 saturated carbocycles. The molecule has 1 heteroatoms. The van der Waals surface area contributed by atoms with Gasteiger partial charge in [-0.1, -0.05) is 219 Å². The van der Waals surface area contributed by atoms with Crippen molar-refractivity contribution in [2.75, 3.05) is 4.90 Å². The van der Waals surface area contributed by atoms with Crippen LogP contribution in [0.25, 0.3) is 54.9 Å². The first-order chi connectivity index (χ1) is 33.2. The highest BCUT2D eigenvalue weighted by Crippen LogP contribution is 2.64. The molecule has 0 amide bonds. The number of anilines is 3. The maximum atomic E-state index is 2.56. The lowest BCUT2D eigenvalue weighted by molar-refractivity contribution is 0.759. The minimum atomic E-state index is -0.548. The van der Waals surface area contributed by atoms with Crippen molar-refractivity contribution in [3.05, 3.63) is 293 Å². The van der Waals surface area contributed by atoms with Crippen molar-refractivity contribution in [1.29, 1.82) is 0 Å². The molecule has 1 unspecified atom stereocenters. The summed E-state index contributed by atoms with van der Waals surface area (Å²) in [6.07, 6.45) is 0.935. The van der Waals surface area contributed by atoms with Gasteiger partial charge in [-0.2, -0.15) is 0 Å². The summed E-state index contributed by atoms with van der Waals surface area (Å²) >= 11 is 0. The number of hydrogen-bond acceptors (Lipinski definition) is 1. The summed E-state index contributed by atoms with van der Waals surface area (Å²) in [4.78, 5) is 2.56. The normalized spacial score (nSPS) is 15.5. The van der Waals surface area contributed by atoms with E-state index >= 15 is 0 Å². The van der Waals surface area contributed by atoms with Crippen LogP contribution in [0.2, 0.25) is 0 Å². The van der Waals surface area contributed by atoms with Crippen LogP contribution in [0.3, 0.4) is 0 Å². The molecule has 3 aliphatic carbocycles. The number of hydrogen-bond donors (Lipinski definition) is 0. The zero-order chi connectivity index (χ0) is 44.3. The molecule has 314 valence electrons. The third kappa shape index (κ3) is 5.04. The van der Waals surface area contributed by atoms with E-state index < -0.39 is 10.8 Å². The molecule has 3 aliphatic rings. The average Bonchev–Trinajstić information content (AvgIpc) is 3.87. The molecule has 0 fully saturated rings. The molecule has 0 heterocycles. The maximum Gasteiger partial charge on any atom is 0.0729 e. The van der Waals surface area contributed by atoms with E-state index in [2.05, 4.69) is 254 Å². The minimum absolute atomic E-state index is 0.530. The van der Waals surface area contributed by atoms with E-state index in [1.807, 2.05) is 0 Å². The predicted molar refractivity (Wildman–Crippen MR) is 279 cm³/mol. The lowest BCUT2D eigenvalue weighted by Gasteiger charge is -2.41. The predicted octanol–water partition coefficient (Wildman–Crippen LogP) is 16.7. The van der Waals surface area contributed by atoms with Crippen molar-refractivity contribution in [3.63, 3.8) is 0 Å². The summed E-state index contributed by atoms with van der Waals surface area (Å²) < 4.78 is 0. The number of fused-ring (bicyclic) bond motifs is 13. The zero-order valence-corrected chi connectivity index (χ0v) is 37.2. The Hall–Kier alpha value is -8.26. The Labute approximate surface area is 391 Å². The molecule has 11 aromatic rings. The summed E-state index contributed by atoms with van der Waals surface area (Å²) in [5.41, 5.74) is 22.0. The van der Waals surface area contributed by atoms with Crippen LogP contribution >= 0.6 is 0 Å². The van der Waals surface area contributed by atoms with Gasteiger partial charge < -0.3 is 4.90 Å². The van der Waals surface area contributed by atoms with Crippen LogP contribution in [0.1, 0.15) is 57.0 Å². The van der Waals surface area contributed by atoms with Crippen LogP contribution in [-0.2, 0) is 17.3 Å². The standard InChI is InChI=1S/C66H45N/c1-2-43-35-36-45-21-17-29-54-52-27-12-15-31-57(52)66(64(43)62(45)54)56-30-14-11-26-51(56)53-40-39-50(42-60(53)66)67(49-38-37-44-19-9-10-20-46(44)41-49)61-34-18-33-59-63(61)55-28-13-16-32-58(55)65(59,47-22-5-3-6-23-47)48-24-7-4-8-25-48/h3-42H,2H2,1H3. The molecule has 1 spiro atoms. The van der Waals surface area contributed by atoms with E-state index in [4.69, 9.17) is 0 Å². The van der Waals surface area contributed by atoms with Gasteiger partial charge in [0.25, 0.3) is 0 Å². The van der Waals surface area contributed by atoms with Crippen LogP contribution in [0, 0.1) is 0 Å². The van der Waals surface area contributed by atoms with E-state index in [0.717, 1.165) is 23.5 Å². The van der Waals surface area contributed by atoms with Gasteiger partial charge in [0.15, 0.2) is 0 Å². The van der Waals surface area contributed by atoms with E-state index in [-0.39, 0.29) is 0 Å². The van der Waals surface area contributed by atoms with Gasteiger partial charge in [0.1, 0.15) is 0 Å². The summed E-state index contributed by atoms with van der Waals surface area (Å²) in [5.74, 6) is 0. The molecule has 67 heavy (non-hydrogen) atoms. The molecular weight excluding hydrogens is 807 g/mol. The van der Waals surface area contributed by atoms with Gasteiger partial charge in [0, 0.05) is 16.9 Å². The van der Waals surface area contributed by atoms with Gasteiger partial charge in [-0.25, -0.2) is 0 Å². The monoisotopic (exact) mass is 851 g/mol. The Balaban J connectivity index is 1.10. The fourth-order valence-corrected chi connectivity index (χ4v) is 12.9. The molecule has 0 radical (unpaired) electrons. The third-order valence-corrected chi connectivity index (χ3v) is 15.5. The molecule has 0 N–H and O–H groups in total. The van der Waals surface area contributed by atoms with Crippen molar-refractivity contribution < 1.29 is 0 Å². The van der Waals surface area contributed by atoms with Crippen LogP contribution in [0.5, 0.6) is 0 Å². The first-order valence-electron chi connectivity index (χ1n) is 23.7. The summed E-state index contributed by atoms with van der Waals surface area (Å²) in [6, 6.07) is 91.7. The lowest BCUT2D eigenvalue weighted by Crippen LogP contribution is -2.33. The van der Waals surface area contributed by atoms with Crippen molar-refractivity contribution in [2.24, 2.45) is 0 Å². The fraction of sp³-hybridized carbons (Fsp3) is 0.0606. The Morgan fingerprint density at radius 3 is 1.57 bits per heavy atom. The second kappa shape index (κ2) is 14.4. The highest BCUT2D eigenvalue weighted by Gasteiger charge is 2.52. The second-order valence-corrected chi connectivity index (χ2v) is 18.5. The fourth-order valence-electron chi connectivity index (χ4n) is 12.9. The van der Waals surface area contributed by atoms with Crippen LogP contribution in [0.15, 0.2) is 243 Å². The van der Waals surface area contributed by atoms with E-state index in [1.165, 1.54) is 105 Å². The second-order valence-electron chi connectivity index (χ2n) is 18.5. The molecule has 0 aliphatic heterocycles. The minimum Gasteiger partial charge on any atom is -0.310 e. The Kier molecular flexibility index (Phi) is 8.16. The molecule has 11 aromatic carbocycles. The molecular formula is C66H45N. The quantitative estimate of drug-likeness (QED) is 0.161. The average molecular weight is 852 g/mol. The van der Waals surface area contributed by atoms with Crippen LogP contribution in [0.4, 0.5) is 17.1 Å². The molecule has 0 saturated heterocycles. The van der Waals surface area contributed by atoms with Gasteiger partial charge in [-0.3, -0.25) is 0 Å².